The van der Waals surface area contributed by atoms with Crippen LogP contribution in [0.4, 0.5) is 5.82 Å². The lowest BCUT2D eigenvalue weighted by Crippen LogP contribution is -2.47. The number of aromatic nitrogens is 5. The molecule has 33 heavy (non-hydrogen) atoms. The Morgan fingerprint density at radius 2 is 1.67 bits per heavy atom. The first-order chi connectivity index (χ1) is 15.9. The minimum atomic E-state index is -3.14. The van der Waals surface area contributed by atoms with Gasteiger partial charge in [0.25, 0.3) is 0 Å². The molecule has 0 saturated carbocycles. The summed E-state index contributed by atoms with van der Waals surface area (Å²) < 4.78 is 32.7. The lowest BCUT2D eigenvalue weighted by Gasteiger charge is -2.32. The van der Waals surface area contributed by atoms with Gasteiger partial charge in [-0.2, -0.15) is 4.31 Å². The van der Waals surface area contributed by atoms with Gasteiger partial charge in [0.1, 0.15) is 5.82 Å². The Balaban J connectivity index is 1.45. The third-order valence-corrected chi connectivity index (χ3v) is 7.35. The smallest absolute Gasteiger partial charge is 0.211 e. The molecule has 0 aliphatic carbocycles. The highest BCUT2D eigenvalue weighted by atomic mass is 32.2. The van der Waals surface area contributed by atoms with Crippen LogP contribution in [-0.2, 0) is 21.3 Å². The molecule has 12 heteroatoms. The van der Waals surface area contributed by atoms with Gasteiger partial charge < -0.3 is 14.0 Å². The fourth-order valence-corrected chi connectivity index (χ4v) is 5.04. The van der Waals surface area contributed by atoms with Crippen molar-refractivity contribution in [1.29, 1.82) is 0 Å². The van der Waals surface area contributed by atoms with Crippen LogP contribution < -0.4 is 4.90 Å². The van der Waals surface area contributed by atoms with E-state index in [-0.39, 0.29) is 0 Å². The van der Waals surface area contributed by atoms with Crippen molar-refractivity contribution in [2.75, 3.05) is 63.6 Å². The van der Waals surface area contributed by atoms with Crippen LogP contribution in [0.15, 0.2) is 24.8 Å². The van der Waals surface area contributed by atoms with E-state index in [0.29, 0.717) is 51.8 Å². The van der Waals surface area contributed by atoms with Crippen molar-refractivity contribution in [1.82, 2.24) is 33.5 Å². The molecular formula is C21H28N8O3S. The highest BCUT2D eigenvalue weighted by molar-refractivity contribution is 7.88. The van der Waals surface area contributed by atoms with Crippen LogP contribution in [0, 0.1) is 6.92 Å². The molecule has 0 radical (unpaired) electrons. The van der Waals surface area contributed by atoms with E-state index in [9.17, 15) is 8.42 Å². The fraction of sp³-hybridized carbons (Fsp3) is 0.524. The third kappa shape index (κ3) is 4.83. The lowest BCUT2D eigenvalue weighted by atomic mass is 10.2. The molecule has 176 valence electrons. The Bertz CT molecular complexity index is 1230. The summed E-state index contributed by atoms with van der Waals surface area (Å²) in [6.45, 7) is 7.71. The van der Waals surface area contributed by atoms with Gasteiger partial charge in [0, 0.05) is 76.2 Å². The van der Waals surface area contributed by atoms with Crippen molar-refractivity contribution >= 4 is 21.5 Å². The number of hydrogen-bond acceptors (Lipinski definition) is 9. The van der Waals surface area contributed by atoms with E-state index < -0.39 is 10.0 Å². The van der Waals surface area contributed by atoms with E-state index in [1.54, 1.807) is 12.4 Å². The van der Waals surface area contributed by atoms with Crippen LogP contribution in [0.25, 0.3) is 16.9 Å². The zero-order chi connectivity index (χ0) is 23.0. The van der Waals surface area contributed by atoms with Crippen molar-refractivity contribution in [3.8, 4) is 11.3 Å². The maximum atomic E-state index is 11.8. The summed E-state index contributed by atoms with van der Waals surface area (Å²) in [4.78, 5) is 22.9. The Kier molecular flexibility index (Phi) is 5.99. The molecule has 0 bridgehead atoms. The molecule has 0 spiro atoms. The highest BCUT2D eigenvalue weighted by Crippen LogP contribution is 2.26. The largest absolute Gasteiger partial charge is 0.378 e. The fourth-order valence-electron chi connectivity index (χ4n) is 4.21. The Morgan fingerprint density at radius 3 is 2.33 bits per heavy atom. The normalized spacial score (nSPS) is 18.8. The van der Waals surface area contributed by atoms with E-state index >= 15 is 0 Å². The van der Waals surface area contributed by atoms with Crippen LogP contribution in [0.2, 0.25) is 0 Å². The molecule has 5 rings (SSSR count). The maximum absolute atomic E-state index is 11.8. The number of ether oxygens (including phenoxy) is 1. The quantitative estimate of drug-likeness (QED) is 0.521. The second-order valence-corrected chi connectivity index (χ2v) is 10.5. The van der Waals surface area contributed by atoms with Crippen LogP contribution in [0.1, 0.15) is 11.5 Å². The van der Waals surface area contributed by atoms with Gasteiger partial charge in [0.15, 0.2) is 11.5 Å². The molecule has 3 aromatic heterocycles. The molecule has 0 N–H and O–H groups in total. The first-order valence-electron chi connectivity index (χ1n) is 11.0. The summed E-state index contributed by atoms with van der Waals surface area (Å²) in [5, 5.41) is 0. The molecule has 2 fully saturated rings. The van der Waals surface area contributed by atoms with Gasteiger partial charge in [-0.05, 0) is 6.92 Å². The lowest BCUT2D eigenvalue weighted by molar-refractivity contribution is 0.122. The number of rotatable bonds is 5. The molecule has 2 aliphatic heterocycles. The second-order valence-electron chi connectivity index (χ2n) is 8.47. The van der Waals surface area contributed by atoms with Crippen LogP contribution in [-0.4, -0.2) is 101 Å². The third-order valence-electron chi connectivity index (χ3n) is 6.04. The zero-order valence-electron chi connectivity index (χ0n) is 18.9. The van der Waals surface area contributed by atoms with Crippen molar-refractivity contribution in [2.45, 2.75) is 13.5 Å². The Hall–Kier alpha value is -2.67. The first-order valence-corrected chi connectivity index (χ1v) is 12.9. The molecule has 3 aromatic rings. The number of anilines is 1. The highest BCUT2D eigenvalue weighted by Gasteiger charge is 2.25. The second kappa shape index (κ2) is 8.93. The number of nitrogens with zero attached hydrogens (tertiary/aromatic N) is 8. The van der Waals surface area contributed by atoms with Crippen molar-refractivity contribution in [3.63, 3.8) is 0 Å². The van der Waals surface area contributed by atoms with Crippen molar-refractivity contribution in [3.05, 3.63) is 36.3 Å². The zero-order valence-corrected chi connectivity index (χ0v) is 19.7. The summed E-state index contributed by atoms with van der Waals surface area (Å²) in [6, 6.07) is 0. The minimum Gasteiger partial charge on any atom is -0.378 e. The molecule has 0 unspecified atom stereocenters. The average Bonchev–Trinajstić information content (AvgIpc) is 3.21. The first kappa shape index (κ1) is 22.1. The van der Waals surface area contributed by atoms with Gasteiger partial charge >= 0.3 is 0 Å². The van der Waals surface area contributed by atoms with Crippen LogP contribution >= 0.6 is 0 Å². The minimum absolute atomic E-state index is 0.504. The number of piperazine rings is 1. The molecule has 2 saturated heterocycles. The number of aryl methyl sites for hydroxylation is 1. The molecule has 0 aromatic carbocycles. The Morgan fingerprint density at radius 1 is 0.970 bits per heavy atom. The summed E-state index contributed by atoms with van der Waals surface area (Å²) in [7, 11) is -3.14. The van der Waals surface area contributed by atoms with Gasteiger partial charge in [-0.25, -0.2) is 28.4 Å². The van der Waals surface area contributed by atoms with Gasteiger partial charge in [-0.3, -0.25) is 4.90 Å². The van der Waals surface area contributed by atoms with Crippen molar-refractivity contribution < 1.29 is 13.2 Å². The molecule has 5 heterocycles. The number of imidazole rings is 1. The number of hydrogen-bond donors (Lipinski definition) is 0. The van der Waals surface area contributed by atoms with E-state index in [0.717, 1.165) is 41.5 Å². The summed E-state index contributed by atoms with van der Waals surface area (Å²) >= 11 is 0. The monoisotopic (exact) mass is 472 g/mol. The maximum Gasteiger partial charge on any atom is 0.211 e. The Labute approximate surface area is 193 Å². The molecule has 2 aliphatic rings. The number of fused-ring (bicyclic) bond motifs is 1. The molecule has 11 nitrogen and oxygen atoms in total. The van der Waals surface area contributed by atoms with Gasteiger partial charge in [-0.15, -0.1) is 0 Å². The standard InChI is InChI=1S/C21H28N8O3S/c1-16-22-11-17(12-23-16)19-15-28-14-18(13-26-3-5-29(6-4-26)33(2,30)31)24-20(28)21(25-19)27-7-9-32-10-8-27/h11-12,14-15H,3-10,13H2,1-2H3. The van der Waals surface area contributed by atoms with E-state index in [2.05, 4.69) is 19.8 Å². The molecule has 0 atom stereocenters. The van der Waals surface area contributed by atoms with Gasteiger partial charge in [0.05, 0.1) is 30.9 Å². The van der Waals surface area contributed by atoms with Gasteiger partial charge in [0.2, 0.25) is 10.0 Å². The predicted octanol–water partition coefficient (Wildman–Crippen LogP) is 0.409. The van der Waals surface area contributed by atoms with Crippen LogP contribution in [0.5, 0.6) is 0 Å². The average molecular weight is 473 g/mol. The van der Waals surface area contributed by atoms with Crippen molar-refractivity contribution in [2.24, 2.45) is 0 Å². The SMILES string of the molecule is Cc1ncc(-c2cn3cc(CN4CCN(S(C)(=O)=O)CC4)nc3c(N3CCOCC3)n2)cn1. The van der Waals surface area contributed by atoms with E-state index in [1.165, 1.54) is 10.6 Å². The topological polar surface area (TPSA) is 109 Å². The number of morpholine rings is 1. The van der Waals surface area contributed by atoms with Crippen LogP contribution in [0.3, 0.4) is 0 Å². The summed E-state index contributed by atoms with van der Waals surface area (Å²) in [5.41, 5.74) is 3.37. The molecule has 0 amide bonds. The van der Waals surface area contributed by atoms with E-state index in [1.807, 2.05) is 23.7 Å². The summed E-state index contributed by atoms with van der Waals surface area (Å²) in [5.74, 6) is 1.54. The number of sulfonamides is 1. The predicted molar refractivity (Wildman–Crippen MR) is 123 cm³/mol. The van der Waals surface area contributed by atoms with E-state index in [4.69, 9.17) is 14.7 Å². The molecular weight excluding hydrogens is 444 g/mol. The van der Waals surface area contributed by atoms with Gasteiger partial charge in [-0.1, -0.05) is 0 Å². The summed E-state index contributed by atoms with van der Waals surface area (Å²) in [6.07, 6.45) is 8.84.